The van der Waals surface area contributed by atoms with E-state index in [1.54, 1.807) is 36.3 Å². The van der Waals surface area contributed by atoms with Gasteiger partial charge in [0.15, 0.2) is 0 Å². The Labute approximate surface area is 228 Å². The first-order chi connectivity index (χ1) is 19.0. The molecule has 1 saturated carbocycles. The van der Waals surface area contributed by atoms with Crippen molar-refractivity contribution in [3.63, 3.8) is 0 Å². The molecular weight excluding hydrogens is 494 g/mol. The molecule has 204 valence electrons. The first kappa shape index (κ1) is 25.6. The Morgan fingerprint density at radius 1 is 1.05 bits per heavy atom. The number of methoxy groups -OCH3 is 1. The molecule has 2 aromatic rings. The molecule has 8 nitrogen and oxygen atoms in total. The highest BCUT2D eigenvalue weighted by Gasteiger charge is 2.72. The molecule has 1 aliphatic carbocycles. The quantitative estimate of drug-likeness (QED) is 0.511. The third kappa shape index (κ3) is 4.61. The highest BCUT2D eigenvalue weighted by atomic mass is 16.5. The molecule has 3 heterocycles. The van der Waals surface area contributed by atoms with Gasteiger partial charge in [-0.25, -0.2) is 0 Å². The van der Waals surface area contributed by atoms with Crippen molar-refractivity contribution in [1.82, 2.24) is 10.2 Å². The molecule has 5 atom stereocenters. The number of benzene rings is 2. The molecule has 3 fully saturated rings. The molecule has 5 unspecified atom stereocenters. The van der Waals surface area contributed by atoms with Gasteiger partial charge in [-0.2, -0.15) is 0 Å². The van der Waals surface area contributed by atoms with Crippen LogP contribution < -0.4 is 15.4 Å². The molecule has 3 aliphatic heterocycles. The van der Waals surface area contributed by atoms with Crippen molar-refractivity contribution in [2.24, 2.45) is 11.8 Å². The van der Waals surface area contributed by atoms with E-state index in [0.29, 0.717) is 24.4 Å². The average molecular weight is 530 g/mol. The van der Waals surface area contributed by atoms with Gasteiger partial charge in [-0.3, -0.25) is 14.4 Å². The lowest BCUT2D eigenvalue weighted by Gasteiger charge is -2.34. The van der Waals surface area contributed by atoms with Crippen molar-refractivity contribution in [3.8, 4) is 5.75 Å². The monoisotopic (exact) mass is 529 g/mol. The fourth-order valence-corrected chi connectivity index (χ4v) is 6.86. The van der Waals surface area contributed by atoms with Crippen molar-refractivity contribution in [2.75, 3.05) is 19.0 Å². The van der Waals surface area contributed by atoms with E-state index in [4.69, 9.17) is 9.47 Å². The number of likely N-dealkylation sites (tertiary alicyclic amines) is 1. The SMILES string of the molecule is COc1cccc(NC(=O)C2C3C=CC4(O3)C2C(=O)N(CCc2ccccc2)C4C(=O)NC2CCCCC2)c1. The van der Waals surface area contributed by atoms with Crippen molar-refractivity contribution in [3.05, 3.63) is 72.3 Å². The minimum Gasteiger partial charge on any atom is -0.497 e. The Bertz CT molecular complexity index is 1270. The number of hydrogen-bond acceptors (Lipinski definition) is 5. The Hall–Kier alpha value is -3.65. The molecule has 8 heteroatoms. The molecule has 2 bridgehead atoms. The summed E-state index contributed by atoms with van der Waals surface area (Å²) in [6.07, 6.45) is 9.00. The Morgan fingerprint density at radius 2 is 1.85 bits per heavy atom. The minimum atomic E-state index is -1.16. The summed E-state index contributed by atoms with van der Waals surface area (Å²) < 4.78 is 11.7. The summed E-state index contributed by atoms with van der Waals surface area (Å²) in [5.74, 6) is -1.57. The van der Waals surface area contributed by atoms with Gasteiger partial charge >= 0.3 is 0 Å². The second kappa shape index (κ2) is 10.5. The van der Waals surface area contributed by atoms with Gasteiger partial charge in [-0.15, -0.1) is 0 Å². The summed E-state index contributed by atoms with van der Waals surface area (Å²) in [6.45, 7) is 0.371. The lowest BCUT2D eigenvalue weighted by Crippen LogP contribution is -2.56. The maximum Gasteiger partial charge on any atom is 0.246 e. The van der Waals surface area contributed by atoms with Crippen LogP contribution in [0.2, 0.25) is 0 Å². The largest absolute Gasteiger partial charge is 0.497 e. The summed E-state index contributed by atoms with van der Waals surface area (Å²) >= 11 is 0. The third-order valence-corrected chi connectivity index (χ3v) is 8.70. The highest BCUT2D eigenvalue weighted by molar-refractivity contribution is 6.02. The lowest BCUT2D eigenvalue weighted by molar-refractivity contribution is -0.141. The molecular formula is C31H35N3O5. The van der Waals surface area contributed by atoms with Gasteiger partial charge in [-0.1, -0.05) is 67.8 Å². The van der Waals surface area contributed by atoms with Gasteiger partial charge in [-0.05, 0) is 37.0 Å². The van der Waals surface area contributed by atoms with Crippen molar-refractivity contribution in [1.29, 1.82) is 0 Å². The number of hydrogen-bond donors (Lipinski definition) is 2. The molecule has 3 amide bonds. The normalized spacial score (nSPS) is 29.4. The number of amides is 3. The Balaban J connectivity index is 1.29. The van der Waals surface area contributed by atoms with E-state index < -0.39 is 29.6 Å². The lowest BCUT2D eigenvalue weighted by atomic mass is 9.74. The number of nitrogens with zero attached hydrogens (tertiary/aromatic N) is 1. The fourth-order valence-electron chi connectivity index (χ4n) is 6.86. The van der Waals surface area contributed by atoms with E-state index in [2.05, 4.69) is 10.6 Å². The van der Waals surface area contributed by atoms with Crippen LogP contribution in [0.1, 0.15) is 37.7 Å². The zero-order valence-electron chi connectivity index (χ0n) is 22.2. The van der Waals surface area contributed by atoms with E-state index in [-0.39, 0.29) is 23.8 Å². The zero-order chi connectivity index (χ0) is 27.0. The van der Waals surface area contributed by atoms with Crippen molar-refractivity contribution >= 4 is 23.4 Å². The molecule has 0 radical (unpaired) electrons. The maximum atomic E-state index is 14.1. The number of anilines is 1. The number of carbonyl (C=O) groups is 3. The molecule has 2 N–H and O–H groups in total. The van der Waals surface area contributed by atoms with Crippen molar-refractivity contribution < 1.29 is 23.9 Å². The Morgan fingerprint density at radius 3 is 2.62 bits per heavy atom. The predicted octanol–water partition coefficient (Wildman–Crippen LogP) is 3.48. The van der Waals surface area contributed by atoms with Gasteiger partial charge in [0.1, 0.15) is 17.4 Å². The Kier molecular flexibility index (Phi) is 6.89. The number of carbonyl (C=O) groups excluding carboxylic acids is 3. The molecule has 0 aromatic heterocycles. The summed E-state index contributed by atoms with van der Waals surface area (Å²) in [5, 5.41) is 6.19. The van der Waals surface area contributed by atoms with Crippen LogP contribution in [0.25, 0.3) is 0 Å². The topological polar surface area (TPSA) is 97.0 Å². The highest BCUT2D eigenvalue weighted by Crippen LogP contribution is 2.55. The first-order valence-electron chi connectivity index (χ1n) is 14.0. The van der Waals surface area contributed by atoms with E-state index >= 15 is 0 Å². The van der Waals surface area contributed by atoms with Crippen molar-refractivity contribution in [2.45, 2.75) is 62.3 Å². The van der Waals surface area contributed by atoms with Crippen LogP contribution in [0.5, 0.6) is 5.75 Å². The molecule has 4 aliphatic rings. The van der Waals surface area contributed by atoms with Gasteiger partial charge < -0.3 is 25.0 Å². The van der Waals surface area contributed by atoms with Crippen LogP contribution in [0.4, 0.5) is 5.69 Å². The molecule has 1 spiro atoms. The van der Waals surface area contributed by atoms with Crippen LogP contribution in [0.15, 0.2) is 66.7 Å². The summed E-state index contributed by atoms with van der Waals surface area (Å²) in [4.78, 5) is 43.3. The number of rotatable bonds is 8. The third-order valence-electron chi connectivity index (χ3n) is 8.70. The van der Waals surface area contributed by atoms with Crippen LogP contribution >= 0.6 is 0 Å². The second-order valence-corrected chi connectivity index (χ2v) is 11.0. The molecule has 2 aromatic carbocycles. The molecule has 39 heavy (non-hydrogen) atoms. The van der Waals surface area contributed by atoms with Gasteiger partial charge in [0.2, 0.25) is 17.7 Å². The van der Waals surface area contributed by atoms with Crippen LogP contribution in [-0.4, -0.2) is 60.1 Å². The number of fused-ring (bicyclic) bond motifs is 1. The van der Waals surface area contributed by atoms with Crippen LogP contribution in [-0.2, 0) is 25.5 Å². The number of nitrogens with one attached hydrogen (secondary N) is 2. The standard InChI is InChI=1S/C31H35N3O5/c1-38-23-14-8-13-22(19-23)33-28(35)25-24-15-17-31(39-24)26(25)30(37)34(18-16-20-9-4-2-5-10-20)27(31)29(36)32-21-11-6-3-7-12-21/h2,4-5,8-10,13-15,17,19,21,24-27H,3,6-7,11-12,16,18H2,1H3,(H,32,36)(H,33,35). The van der Waals surface area contributed by atoms with Gasteiger partial charge in [0.25, 0.3) is 0 Å². The smallest absolute Gasteiger partial charge is 0.246 e. The second-order valence-electron chi connectivity index (χ2n) is 11.0. The minimum absolute atomic E-state index is 0.0996. The summed E-state index contributed by atoms with van der Waals surface area (Å²) in [6, 6.07) is 16.3. The van der Waals surface area contributed by atoms with E-state index in [0.717, 1.165) is 31.2 Å². The first-order valence-corrected chi connectivity index (χ1v) is 14.0. The molecule has 2 saturated heterocycles. The van der Waals surface area contributed by atoms with E-state index in [9.17, 15) is 14.4 Å². The van der Waals surface area contributed by atoms with Gasteiger partial charge in [0, 0.05) is 24.3 Å². The predicted molar refractivity (Wildman–Crippen MR) is 146 cm³/mol. The summed E-state index contributed by atoms with van der Waals surface area (Å²) in [7, 11) is 1.57. The average Bonchev–Trinajstić information content (AvgIpc) is 3.60. The zero-order valence-corrected chi connectivity index (χ0v) is 22.2. The number of ether oxygens (including phenoxy) is 2. The summed E-state index contributed by atoms with van der Waals surface area (Å²) in [5.41, 5.74) is 0.505. The van der Waals surface area contributed by atoms with Crippen LogP contribution in [0.3, 0.4) is 0 Å². The van der Waals surface area contributed by atoms with Crippen LogP contribution in [0, 0.1) is 11.8 Å². The molecule has 6 rings (SSSR count). The van der Waals surface area contributed by atoms with E-state index in [1.165, 1.54) is 6.42 Å². The van der Waals surface area contributed by atoms with E-state index in [1.807, 2.05) is 42.5 Å². The maximum absolute atomic E-state index is 14.1. The fraction of sp³-hybridized carbons (Fsp3) is 0.452. The van der Waals surface area contributed by atoms with Gasteiger partial charge in [0.05, 0.1) is 25.0 Å².